The van der Waals surface area contributed by atoms with E-state index in [2.05, 4.69) is 125 Å². The second-order valence-electron chi connectivity index (χ2n) is 14.4. The van der Waals surface area contributed by atoms with Crippen LogP contribution in [0.15, 0.2) is 0 Å². The van der Waals surface area contributed by atoms with Gasteiger partial charge in [-0.15, -0.1) is 0 Å². The van der Waals surface area contributed by atoms with Gasteiger partial charge >= 0.3 is 17.4 Å². The fraction of sp³-hybridized carbons (Fsp3) is 0.909. The van der Waals surface area contributed by atoms with Crippen LogP contribution in [-0.4, -0.2) is 0 Å². The summed E-state index contributed by atoms with van der Waals surface area (Å²) >= 11 is 0. The van der Waals surface area contributed by atoms with Crippen LogP contribution in [0.5, 0.6) is 0 Å². The number of rotatable bonds is 9. The van der Waals surface area contributed by atoms with Crippen molar-refractivity contribution in [2.45, 2.75) is 163 Å². The smallest absolute Gasteiger partial charge is 0.308 e. The Kier molecular flexibility index (Phi) is 24.0. The summed E-state index contributed by atoms with van der Waals surface area (Å²) in [5, 5.41) is 0. The van der Waals surface area contributed by atoms with Gasteiger partial charge < -0.3 is 17.8 Å². The van der Waals surface area contributed by atoms with Crippen LogP contribution in [0.25, 0.3) is 0 Å². The third kappa shape index (κ3) is 24.2. The van der Waals surface area contributed by atoms with E-state index >= 15 is 0 Å². The summed E-state index contributed by atoms with van der Waals surface area (Å²) in [5.74, 6) is 7.53. The third-order valence-corrected chi connectivity index (χ3v) is 6.43. The molecule has 0 heterocycles. The van der Waals surface area contributed by atoms with E-state index in [1.807, 2.05) is 0 Å². The monoisotopic (exact) mass is 517 g/mol. The van der Waals surface area contributed by atoms with Gasteiger partial charge in [0.05, 0.1) is 0 Å². The molecule has 0 amide bonds. The molecule has 0 nitrogen and oxygen atoms in total. The Morgan fingerprint density at radius 2 is 0.559 bits per heavy atom. The molecule has 1 radical (unpaired) electrons. The fourth-order valence-electron chi connectivity index (χ4n) is 4.42. The second kappa shape index (κ2) is 19.6. The SMILES string of the molecule is CC[C-](CC(C)C)C(C)(C)C.CC[C-](CC(C)C)C(C)(C)C.CC[C-](CC(C)C)C(C)(C)C.[Cr+3]. The van der Waals surface area contributed by atoms with Crippen molar-refractivity contribution in [3.05, 3.63) is 17.8 Å². The average Bonchev–Trinajstić information content (AvgIpc) is 2.59. The Morgan fingerprint density at radius 3 is 0.588 bits per heavy atom. The summed E-state index contributed by atoms with van der Waals surface area (Å²) in [6.07, 6.45) is 7.59. The van der Waals surface area contributed by atoms with Crippen molar-refractivity contribution in [1.82, 2.24) is 0 Å². The average molecular weight is 518 g/mol. The fourth-order valence-corrected chi connectivity index (χ4v) is 4.42. The summed E-state index contributed by atoms with van der Waals surface area (Å²) in [5.41, 5.74) is 1.25. The minimum atomic E-state index is 0. The van der Waals surface area contributed by atoms with E-state index in [9.17, 15) is 0 Å². The number of hydrogen-bond acceptors (Lipinski definition) is 0. The van der Waals surface area contributed by atoms with Gasteiger partial charge in [-0.05, 0) is 0 Å². The van der Waals surface area contributed by atoms with Gasteiger partial charge in [-0.2, -0.15) is 54.8 Å². The molecule has 0 saturated carbocycles. The summed E-state index contributed by atoms with van der Waals surface area (Å²) in [6.45, 7) is 41.4. The summed E-state index contributed by atoms with van der Waals surface area (Å²) < 4.78 is 0. The first kappa shape index (κ1) is 41.7. The van der Waals surface area contributed by atoms with E-state index in [1.54, 1.807) is 17.8 Å². The van der Waals surface area contributed by atoms with E-state index in [0.717, 1.165) is 17.8 Å². The van der Waals surface area contributed by atoms with Gasteiger partial charge in [-0.25, -0.2) is 0 Å². The number of hydrogen-bond donors (Lipinski definition) is 0. The quantitative estimate of drug-likeness (QED) is 0.267. The molecule has 0 aliphatic heterocycles. The molecule has 0 bridgehead atoms. The molecule has 1 heteroatoms. The van der Waals surface area contributed by atoms with Crippen molar-refractivity contribution in [2.75, 3.05) is 0 Å². The Balaban J connectivity index is -0.000000196. The molecule has 0 saturated heterocycles. The van der Waals surface area contributed by atoms with Crippen LogP contribution in [0.3, 0.4) is 0 Å². The van der Waals surface area contributed by atoms with Crippen molar-refractivity contribution in [2.24, 2.45) is 34.0 Å². The van der Waals surface area contributed by atoms with Crippen LogP contribution in [0, 0.1) is 51.8 Å². The molecule has 0 aliphatic carbocycles. The molecule has 34 heavy (non-hydrogen) atoms. The first-order chi connectivity index (χ1) is 14.6. The van der Waals surface area contributed by atoms with Gasteiger partial charge in [0.1, 0.15) is 0 Å². The van der Waals surface area contributed by atoms with Crippen LogP contribution in [0.2, 0.25) is 0 Å². The summed E-state index contributed by atoms with van der Waals surface area (Å²) in [6, 6.07) is 0. The molecule has 0 spiro atoms. The standard InChI is InChI=1S/3C11H23.Cr/c3*1-7-10(8-9(2)3)11(4,5)6;/h3*9H,7-8H2,1-6H3;/q3*-1;+3. The van der Waals surface area contributed by atoms with Crippen molar-refractivity contribution in [3.63, 3.8) is 0 Å². The Bertz CT molecular complexity index is 358. The normalized spacial score (nSPS) is 12.7. The van der Waals surface area contributed by atoms with Gasteiger partial charge in [-0.3, -0.25) is 0 Å². The van der Waals surface area contributed by atoms with Crippen molar-refractivity contribution >= 4 is 0 Å². The summed E-state index contributed by atoms with van der Waals surface area (Å²) in [7, 11) is 0. The van der Waals surface area contributed by atoms with Crippen LogP contribution in [-0.2, 0) is 17.4 Å². The molecular formula is C33H69Cr. The van der Waals surface area contributed by atoms with Crippen molar-refractivity contribution < 1.29 is 17.4 Å². The van der Waals surface area contributed by atoms with Crippen LogP contribution >= 0.6 is 0 Å². The van der Waals surface area contributed by atoms with E-state index in [-0.39, 0.29) is 17.4 Å². The Labute approximate surface area is 231 Å². The van der Waals surface area contributed by atoms with Crippen molar-refractivity contribution in [1.29, 1.82) is 0 Å². The van der Waals surface area contributed by atoms with Gasteiger partial charge in [-0.1, -0.05) is 142 Å². The van der Waals surface area contributed by atoms with Crippen LogP contribution in [0.1, 0.15) is 163 Å². The van der Waals surface area contributed by atoms with E-state index in [1.165, 1.54) is 38.5 Å². The van der Waals surface area contributed by atoms with Gasteiger partial charge in [0.25, 0.3) is 0 Å². The maximum absolute atomic E-state index is 2.31. The van der Waals surface area contributed by atoms with E-state index < -0.39 is 0 Å². The Morgan fingerprint density at radius 1 is 0.412 bits per heavy atom. The zero-order chi connectivity index (χ0) is 27.2. The van der Waals surface area contributed by atoms with E-state index in [0.29, 0.717) is 16.2 Å². The van der Waals surface area contributed by atoms with Crippen LogP contribution < -0.4 is 0 Å². The summed E-state index contributed by atoms with van der Waals surface area (Å²) in [4.78, 5) is 0. The molecule has 0 unspecified atom stereocenters. The Hall–Kier alpha value is 0.532. The van der Waals surface area contributed by atoms with Crippen molar-refractivity contribution in [3.8, 4) is 0 Å². The third-order valence-electron chi connectivity index (χ3n) is 6.43. The van der Waals surface area contributed by atoms with Gasteiger partial charge in [0.2, 0.25) is 0 Å². The van der Waals surface area contributed by atoms with Gasteiger partial charge in [0.15, 0.2) is 0 Å². The molecule has 0 rings (SSSR count). The predicted molar refractivity (Wildman–Crippen MR) is 157 cm³/mol. The molecule has 0 fully saturated rings. The first-order valence-electron chi connectivity index (χ1n) is 14.2. The molecular weight excluding hydrogens is 448 g/mol. The molecule has 0 aromatic carbocycles. The van der Waals surface area contributed by atoms with Gasteiger partial charge in [0, 0.05) is 0 Å². The maximum Gasteiger partial charge on any atom is 3.00 e. The largest absolute Gasteiger partial charge is 3.00 e. The molecule has 0 atom stereocenters. The minimum absolute atomic E-state index is 0. The molecule has 0 aliphatic rings. The second-order valence-corrected chi connectivity index (χ2v) is 14.4. The zero-order valence-corrected chi connectivity index (χ0v) is 28.7. The first-order valence-corrected chi connectivity index (χ1v) is 14.2. The molecule has 0 aromatic rings. The molecule has 0 aromatic heterocycles. The van der Waals surface area contributed by atoms with E-state index in [4.69, 9.17) is 0 Å². The minimum Gasteiger partial charge on any atom is -0.308 e. The zero-order valence-electron chi connectivity index (χ0n) is 27.4. The topological polar surface area (TPSA) is 0 Å². The predicted octanol–water partition coefficient (Wildman–Crippen LogP) is 12.2. The molecule has 0 N–H and O–H groups in total. The maximum atomic E-state index is 2.31. The molecule has 207 valence electrons. The van der Waals surface area contributed by atoms with Crippen LogP contribution in [0.4, 0.5) is 0 Å².